The largest absolute Gasteiger partial charge is 0.497 e. The highest BCUT2D eigenvalue weighted by atomic mass is 16.5. The highest BCUT2D eigenvalue weighted by molar-refractivity contribution is 5.94. The molecule has 1 aliphatic heterocycles. The summed E-state index contributed by atoms with van der Waals surface area (Å²) in [6.07, 6.45) is 3.99. The van der Waals surface area contributed by atoms with E-state index in [1.54, 1.807) is 47.2 Å². The van der Waals surface area contributed by atoms with Crippen LogP contribution in [0.15, 0.2) is 42.7 Å². The number of methoxy groups -OCH3 is 1. The van der Waals surface area contributed by atoms with Crippen LogP contribution in [0.3, 0.4) is 0 Å². The van der Waals surface area contributed by atoms with Gasteiger partial charge in [0.05, 0.1) is 13.2 Å². The molecule has 7 nitrogen and oxygen atoms in total. The van der Waals surface area contributed by atoms with Crippen LogP contribution in [0.25, 0.3) is 0 Å². The van der Waals surface area contributed by atoms with Crippen molar-refractivity contribution in [1.82, 2.24) is 19.6 Å². The van der Waals surface area contributed by atoms with Crippen molar-refractivity contribution in [3.05, 3.63) is 48.3 Å². The summed E-state index contributed by atoms with van der Waals surface area (Å²) in [6, 6.07) is 8.98. The summed E-state index contributed by atoms with van der Waals surface area (Å²) in [5.41, 5.74) is 0.637. The van der Waals surface area contributed by atoms with E-state index in [1.165, 1.54) is 0 Å². The minimum Gasteiger partial charge on any atom is -0.497 e. The first-order chi connectivity index (χ1) is 12.6. The second-order valence-electron chi connectivity index (χ2n) is 6.44. The summed E-state index contributed by atoms with van der Waals surface area (Å²) in [5, 5.41) is 4.18. The van der Waals surface area contributed by atoms with Gasteiger partial charge in [-0.2, -0.15) is 5.10 Å². The van der Waals surface area contributed by atoms with E-state index in [0.29, 0.717) is 38.2 Å². The molecule has 0 unspecified atom stereocenters. The fourth-order valence-electron chi connectivity index (χ4n) is 3.09. The molecule has 3 rings (SSSR count). The van der Waals surface area contributed by atoms with Crippen LogP contribution in [-0.4, -0.2) is 64.7 Å². The van der Waals surface area contributed by atoms with Crippen molar-refractivity contribution in [3.63, 3.8) is 0 Å². The van der Waals surface area contributed by atoms with Crippen molar-refractivity contribution in [3.8, 4) is 5.75 Å². The van der Waals surface area contributed by atoms with Gasteiger partial charge in [0.1, 0.15) is 5.75 Å². The van der Waals surface area contributed by atoms with Crippen LogP contribution in [0.1, 0.15) is 29.7 Å². The van der Waals surface area contributed by atoms with E-state index in [1.807, 2.05) is 24.1 Å². The number of nitrogens with zero attached hydrogens (tertiary/aromatic N) is 4. The zero-order valence-electron chi connectivity index (χ0n) is 15.2. The summed E-state index contributed by atoms with van der Waals surface area (Å²) in [6.45, 7) is 4.20. The highest BCUT2D eigenvalue weighted by Gasteiger charge is 2.25. The fourth-order valence-corrected chi connectivity index (χ4v) is 3.09. The van der Waals surface area contributed by atoms with Gasteiger partial charge in [0.2, 0.25) is 5.91 Å². The molecule has 1 aromatic heterocycles. The monoisotopic (exact) mass is 356 g/mol. The Bertz CT molecular complexity index is 735. The van der Waals surface area contributed by atoms with E-state index >= 15 is 0 Å². The van der Waals surface area contributed by atoms with Crippen molar-refractivity contribution in [2.45, 2.75) is 19.4 Å². The topological polar surface area (TPSA) is 67.7 Å². The summed E-state index contributed by atoms with van der Waals surface area (Å²) in [4.78, 5) is 28.7. The van der Waals surface area contributed by atoms with Gasteiger partial charge in [0.25, 0.3) is 5.91 Å². The van der Waals surface area contributed by atoms with Crippen molar-refractivity contribution >= 4 is 11.8 Å². The minimum atomic E-state index is -0.00957. The summed E-state index contributed by atoms with van der Waals surface area (Å²) in [5.74, 6) is 0.817. The lowest BCUT2D eigenvalue weighted by atomic mass is 10.1. The second-order valence-corrected chi connectivity index (χ2v) is 6.44. The second kappa shape index (κ2) is 8.03. The highest BCUT2D eigenvalue weighted by Crippen LogP contribution is 2.16. The third-order valence-corrected chi connectivity index (χ3v) is 4.70. The van der Waals surface area contributed by atoms with Gasteiger partial charge in [0.15, 0.2) is 0 Å². The predicted octanol–water partition coefficient (Wildman–Crippen LogP) is 1.83. The molecule has 2 amide bonds. The van der Waals surface area contributed by atoms with E-state index in [-0.39, 0.29) is 17.9 Å². The molecule has 1 fully saturated rings. The van der Waals surface area contributed by atoms with E-state index in [2.05, 4.69) is 5.10 Å². The zero-order chi connectivity index (χ0) is 18.5. The third kappa shape index (κ3) is 4.04. The number of amides is 2. The minimum absolute atomic E-state index is 0.00957. The molecule has 2 heterocycles. The van der Waals surface area contributed by atoms with Gasteiger partial charge >= 0.3 is 0 Å². The number of hydrogen-bond donors (Lipinski definition) is 0. The van der Waals surface area contributed by atoms with Crippen molar-refractivity contribution in [2.75, 3.05) is 33.3 Å². The molecular weight excluding hydrogens is 332 g/mol. The summed E-state index contributed by atoms with van der Waals surface area (Å²) < 4.78 is 6.91. The molecule has 138 valence electrons. The Kier molecular flexibility index (Phi) is 5.55. The molecule has 0 bridgehead atoms. The first kappa shape index (κ1) is 18.0. The molecule has 1 saturated heterocycles. The fraction of sp³-hybridized carbons (Fsp3) is 0.421. The van der Waals surface area contributed by atoms with Gasteiger partial charge in [-0.3, -0.25) is 14.3 Å². The molecule has 0 spiro atoms. The molecule has 7 heteroatoms. The summed E-state index contributed by atoms with van der Waals surface area (Å²) in [7, 11) is 1.60. The normalized spacial score (nSPS) is 15.6. The number of carbonyl (C=O) groups is 2. The third-order valence-electron chi connectivity index (χ3n) is 4.70. The number of rotatable bonds is 5. The van der Waals surface area contributed by atoms with Gasteiger partial charge < -0.3 is 14.5 Å². The first-order valence-corrected chi connectivity index (χ1v) is 8.78. The number of aromatic nitrogens is 2. The maximum atomic E-state index is 12.6. The average Bonchev–Trinajstić information content (AvgIpc) is 3.22. The molecule has 0 radical (unpaired) electrons. The Morgan fingerprint density at radius 1 is 1.12 bits per heavy atom. The molecule has 26 heavy (non-hydrogen) atoms. The Hall–Kier alpha value is -2.83. The predicted molar refractivity (Wildman–Crippen MR) is 97.0 cm³/mol. The van der Waals surface area contributed by atoms with Crippen LogP contribution in [0, 0.1) is 0 Å². The van der Waals surface area contributed by atoms with Crippen molar-refractivity contribution < 1.29 is 14.3 Å². The van der Waals surface area contributed by atoms with Gasteiger partial charge in [0, 0.05) is 50.6 Å². The molecule has 0 N–H and O–H groups in total. The number of ether oxygens (including phenoxy) is 1. The van der Waals surface area contributed by atoms with E-state index in [9.17, 15) is 9.59 Å². The van der Waals surface area contributed by atoms with Crippen molar-refractivity contribution in [2.24, 2.45) is 0 Å². The lowest BCUT2D eigenvalue weighted by Gasteiger charge is -2.35. The maximum absolute atomic E-state index is 12.6. The molecule has 1 aromatic carbocycles. The zero-order valence-corrected chi connectivity index (χ0v) is 15.2. The van der Waals surface area contributed by atoms with Crippen LogP contribution in [-0.2, 0) is 4.79 Å². The Morgan fingerprint density at radius 2 is 1.77 bits per heavy atom. The maximum Gasteiger partial charge on any atom is 0.253 e. The Labute approximate surface area is 153 Å². The van der Waals surface area contributed by atoms with Gasteiger partial charge in [-0.1, -0.05) is 0 Å². The molecule has 2 aromatic rings. The van der Waals surface area contributed by atoms with E-state index in [0.717, 1.165) is 5.75 Å². The van der Waals surface area contributed by atoms with E-state index in [4.69, 9.17) is 4.74 Å². The molecule has 1 aliphatic rings. The van der Waals surface area contributed by atoms with Gasteiger partial charge in [-0.05, 0) is 37.3 Å². The quantitative estimate of drug-likeness (QED) is 0.820. The Morgan fingerprint density at radius 3 is 2.35 bits per heavy atom. The Balaban J connectivity index is 1.51. The molecule has 0 aliphatic carbocycles. The van der Waals surface area contributed by atoms with Crippen LogP contribution >= 0.6 is 0 Å². The smallest absolute Gasteiger partial charge is 0.253 e. The van der Waals surface area contributed by atoms with E-state index < -0.39 is 0 Å². The number of hydrogen-bond acceptors (Lipinski definition) is 4. The van der Waals surface area contributed by atoms with Crippen LogP contribution in [0.5, 0.6) is 5.75 Å². The van der Waals surface area contributed by atoms with Gasteiger partial charge in [-0.15, -0.1) is 0 Å². The van der Waals surface area contributed by atoms with Gasteiger partial charge in [-0.25, -0.2) is 0 Å². The average molecular weight is 356 g/mol. The van der Waals surface area contributed by atoms with Crippen LogP contribution in [0.4, 0.5) is 0 Å². The lowest BCUT2D eigenvalue weighted by molar-refractivity contribution is -0.133. The SMILES string of the molecule is COc1ccc(C(=O)N2CCN(C(=O)C[C@@H](C)n3cccn3)CC2)cc1. The van der Waals surface area contributed by atoms with Crippen molar-refractivity contribution in [1.29, 1.82) is 0 Å². The molecule has 0 saturated carbocycles. The molecule has 1 atom stereocenters. The number of benzene rings is 1. The number of carbonyl (C=O) groups excluding carboxylic acids is 2. The van der Waals surface area contributed by atoms with Crippen LogP contribution in [0.2, 0.25) is 0 Å². The standard InChI is InChI=1S/C19H24N4O3/c1-15(23-9-3-8-20-23)14-18(24)21-10-12-22(13-11-21)19(25)16-4-6-17(26-2)7-5-16/h3-9,15H,10-14H2,1-2H3/t15-/m1/s1. The summed E-state index contributed by atoms with van der Waals surface area (Å²) >= 11 is 0. The number of piperazine rings is 1. The van der Waals surface area contributed by atoms with Crippen LogP contribution < -0.4 is 4.74 Å². The molecular formula is C19H24N4O3. The first-order valence-electron chi connectivity index (χ1n) is 8.78. The lowest BCUT2D eigenvalue weighted by Crippen LogP contribution is -2.50.